The van der Waals surface area contributed by atoms with Crippen LogP contribution >= 0.6 is 12.2 Å². The predicted octanol–water partition coefficient (Wildman–Crippen LogP) is 1.89. The molecule has 104 valence electrons. The molecule has 6 nitrogen and oxygen atoms in total. The summed E-state index contributed by atoms with van der Waals surface area (Å²) in [5.74, 6) is 0.750. The van der Waals surface area contributed by atoms with Gasteiger partial charge in [-0.3, -0.25) is 9.89 Å². The highest BCUT2D eigenvalue weighted by atomic mass is 32.1. The van der Waals surface area contributed by atoms with Crippen LogP contribution in [0.1, 0.15) is 18.2 Å². The number of aryl methyl sites for hydroxylation is 1. The molecule has 0 amide bonds. The zero-order chi connectivity index (χ0) is 14.5. The summed E-state index contributed by atoms with van der Waals surface area (Å²) in [7, 11) is 0. The van der Waals surface area contributed by atoms with Crippen molar-refractivity contribution >= 4 is 18.4 Å². The highest BCUT2D eigenvalue weighted by Gasteiger charge is 2.01. The fraction of sp³-hybridized carbons (Fsp3) is 0.231. The third-order valence-corrected chi connectivity index (χ3v) is 2.77. The molecule has 0 unspecified atom stereocenters. The maximum absolute atomic E-state index is 11.9. The Morgan fingerprint density at radius 2 is 2.35 bits per heavy atom. The average Bonchev–Trinajstić information content (AvgIpc) is 2.44. The van der Waals surface area contributed by atoms with Crippen LogP contribution in [0.5, 0.6) is 5.75 Å². The average molecular weight is 290 g/mol. The normalized spacial score (nSPS) is 10.9. The lowest BCUT2D eigenvalue weighted by molar-refractivity contribution is 0.340. The van der Waals surface area contributed by atoms with Gasteiger partial charge in [-0.1, -0.05) is 12.1 Å². The number of rotatable bonds is 4. The summed E-state index contributed by atoms with van der Waals surface area (Å²) >= 11 is 4.99. The van der Waals surface area contributed by atoms with E-state index in [9.17, 15) is 4.79 Å². The van der Waals surface area contributed by atoms with E-state index in [1.807, 2.05) is 31.2 Å². The van der Waals surface area contributed by atoms with Crippen LogP contribution in [0.25, 0.3) is 0 Å². The molecule has 7 heteroatoms. The lowest BCUT2D eigenvalue weighted by atomic mass is 10.2. The van der Waals surface area contributed by atoms with Crippen molar-refractivity contribution in [3.8, 4) is 5.75 Å². The van der Waals surface area contributed by atoms with Crippen LogP contribution < -0.4 is 10.3 Å². The smallest absolute Gasteiger partial charge is 0.296 e. The number of benzene rings is 1. The number of ether oxygens (including phenoxy) is 1. The minimum atomic E-state index is -0.342. The van der Waals surface area contributed by atoms with Crippen molar-refractivity contribution in [1.82, 2.24) is 14.9 Å². The van der Waals surface area contributed by atoms with Gasteiger partial charge in [0.1, 0.15) is 11.4 Å². The Bertz CT molecular complexity index is 749. The van der Waals surface area contributed by atoms with Crippen molar-refractivity contribution in [2.75, 3.05) is 6.61 Å². The Morgan fingerprint density at radius 3 is 3.10 bits per heavy atom. The molecule has 1 aromatic carbocycles. The number of aromatic nitrogens is 3. The summed E-state index contributed by atoms with van der Waals surface area (Å²) in [5.41, 5.74) is 0.775. The Hall–Kier alpha value is -2.28. The number of H-pyrrole nitrogens is 1. The van der Waals surface area contributed by atoms with Crippen LogP contribution in [0.3, 0.4) is 0 Å². The molecule has 0 bridgehead atoms. The first-order valence-corrected chi connectivity index (χ1v) is 6.48. The van der Waals surface area contributed by atoms with Gasteiger partial charge >= 0.3 is 0 Å². The van der Waals surface area contributed by atoms with Crippen LogP contribution in [-0.2, 0) is 0 Å². The second kappa shape index (κ2) is 6.25. The minimum Gasteiger partial charge on any atom is -0.494 e. The molecule has 0 spiro atoms. The molecule has 1 N–H and O–H groups in total. The monoisotopic (exact) mass is 290 g/mol. The van der Waals surface area contributed by atoms with Gasteiger partial charge in [-0.2, -0.15) is 14.9 Å². The quantitative estimate of drug-likeness (QED) is 0.689. The summed E-state index contributed by atoms with van der Waals surface area (Å²) in [6.45, 7) is 4.10. The topological polar surface area (TPSA) is 72.3 Å². The highest BCUT2D eigenvalue weighted by molar-refractivity contribution is 7.71. The Balaban J connectivity index is 2.35. The van der Waals surface area contributed by atoms with Gasteiger partial charge in [0.05, 0.1) is 12.8 Å². The van der Waals surface area contributed by atoms with Crippen molar-refractivity contribution < 1.29 is 4.74 Å². The minimum absolute atomic E-state index is 0.151. The fourth-order valence-corrected chi connectivity index (χ4v) is 1.73. The van der Waals surface area contributed by atoms with Crippen LogP contribution in [0, 0.1) is 11.7 Å². The summed E-state index contributed by atoms with van der Waals surface area (Å²) in [4.78, 5) is 11.9. The van der Waals surface area contributed by atoms with E-state index >= 15 is 0 Å². The molecule has 0 fully saturated rings. The fourth-order valence-electron chi connectivity index (χ4n) is 1.55. The standard InChI is InChI=1S/C13H14N4O2S/c1-3-19-11-6-4-5-10(7-11)8-14-17-12(18)9(2)15-16-13(17)20/h4-8H,3H2,1-2H3,(H,16,20)/b14-8+. The van der Waals surface area contributed by atoms with Crippen molar-refractivity contribution in [2.24, 2.45) is 5.10 Å². The second-order valence-electron chi connectivity index (χ2n) is 3.98. The van der Waals surface area contributed by atoms with Crippen molar-refractivity contribution in [3.05, 3.63) is 50.6 Å². The van der Waals surface area contributed by atoms with Gasteiger partial charge in [0.15, 0.2) is 0 Å². The van der Waals surface area contributed by atoms with Crippen molar-refractivity contribution in [3.63, 3.8) is 0 Å². The summed E-state index contributed by atoms with van der Waals surface area (Å²) in [6, 6.07) is 7.40. The van der Waals surface area contributed by atoms with Crippen LogP contribution in [-0.4, -0.2) is 27.7 Å². The third-order valence-electron chi connectivity index (χ3n) is 2.50. The van der Waals surface area contributed by atoms with E-state index < -0.39 is 0 Å². The molecular formula is C13H14N4O2S. The number of aromatic amines is 1. The van der Waals surface area contributed by atoms with E-state index in [1.54, 1.807) is 13.1 Å². The number of nitrogens with one attached hydrogen (secondary N) is 1. The molecule has 0 aliphatic carbocycles. The van der Waals surface area contributed by atoms with Gasteiger partial charge in [-0.25, -0.2) is 0 Å². The predicted molar refractivity (Wildman–Crippen MR) is 79.0 cm³/mol. The maximum atomic E-state index is 11.9. The Morgan fingerprint density at radius 1 is 1.55 bits per heavy atom. The number of nitrogens with zero attached hydrogens (tertiary/aromatic N) is 3. The zero-order valence-electron chi connectivity index (χ0n) is 11.2. The van der Waals surface area contributed by atoms with E-state index in [4.69, 9.17) is 17.0 Å². The molecular weight excluding hydrogens is 276 g/mol. The largest absolute Gasteiger partial charge is 0.494 e. The maximum Gasteiger partial charge on any atom is 0.296 e. The van der Waals surface area contributed by atoms with Gasteiger partial charge in [0.2, 0.25) is 4.77 Å². The molecule has 2 aromatic rings. The van der Waals surface area contributed by atoms with Gasteiger partial charge in [-0.15, -0.1) is 0 Å². The SMILES string of the molecule is CCOc1cccc(/C=N/n2c(=S)[nH]nc(C)c2=O)c1. The molecule has 0 radical (unpaired) electrons. The molecule has 0 aliphatic heterocycles. The zero-order valence-corrected chi connectivity index (χ0v) is 12.0. The number of hydrogen-bond donors (Lipinski definition) is 1. The third kappa shape index (κ3) is 3.18. The van der Waals surface area contributed by atoms with Crippen molar-refractivity contribution in [1.29, 1.82) is 0 Å². The van der Waals surface area contributed by atoms with Crippen LogP contribution in [0.2, 0.25) is 0 Å². The second-order valence-corrected chi connectivity index (χ2v) is 4.37. The molecule has 1 aromatic heterocycles. The molecule has 0 atom stereocenters. The van der Waals surface area contributed by atoms with E-state index in [1.165, 1.54) is 0 Å². The van der Waals surface area contributed by atoms with E-state index in [2.05, 4.69) is 15.3 Å². The number of hydrogen-bond acceptors (Lipinski definition) is 5. The molecule has 2 rings (SSSR count). The first-order chi connectivity index (χ1) is 9.61. The molecule has 20 heavy (non-hydrogen) atoms. The molecule has 0 saturated carbocycles. The van der Waals surface area contributed by atoms with Crippen molar-refractivity contribution in [2.45, 2.75) is 13.8 Å². The van der Waals surface area contributed by atoms with E-state index in [0.717, 1.165) is 16.0 Å². The van der Waals surface area contributed by atoms with Crippen LogP contribution in [0.15, 0.2) is 34.2 Å². The van der Waals surface area contributed by atoms with Gasteiger partial charge < -0.3 is 4.74 Å². The summed E-state index contributed by atoms with van der Waals surface area (Å²) in [5, 5.41) is 10.4. The molecule has 1 heterocycles. The lowest BCUT2D eigenvalue weighted by Gasteiger charge is -2.03. The first kappa shape index (κ1) is 14.1. The Labute approximate surface area is 120 Å². The first-order valence-electron chi connectivity index (χ1n) is 6.07. The molecule has 0 aliphatic rings. The van der Waals surface area contributed by atoms with Crippen LogP contribution in [0.4, 0.5) is 0 Å². The summed E-state index contributed by atoms with van der Waals surface area (Å²) in [6.07, 6.45) is 1.55. The van der Waals surface area contributed by atoms with Gasteiger partial charge in [0.25, 0.3) is 5.56 Å². The molecule has 0 saturated heterocycles. The van der Waals surface area contributed by atoms with E-state index in [0.29, 0.717) is 12.3 Å². The summed E-state index contributed by atoms with van der Waals surface area (Å²) < 4.78 is 6.65. The van der Waals surface area contributed by atoms with E-state index in [-0.39, 0.29) is 10.3 Å². The van der Waals surface area contributed by atoms with Gasteiger partial charge in [0, 0.05) is 0 Å². The van der Waals surface area contributed by atoms with Gasteiger partial charge in [-0.05, 0) is 43.8 Å². The highest BCUT2D eigenvalue weighted by Crippen LogP contribution is 2.11. The lowest BCUT2D eigenvalue weighted by Crippen LogP contribution is -2.22. The Kier molecular flexibility index (Phi) is 4.41.